The minimum Gasteiger partial charge on any atom is -0.370 e. The Bertz CT molecular complexity index is 2110. The molecule has 0 radical (unpaired) electrons. The smallest absolute Gasteiger partial charge is 0.320 e. The third kappa shape index (κ3) is 7.00. The van der Waals surface area contributed by atoms with E-state index in [1.165, 1.54) is 0 Å². The number of benzene rings is 2. The number of anilines is 4. The van der Waals surface area contributed by atoms with Crippen molar-refractivity contribution in [3.63, 3.8) is 0 Å². The van der Waals surface area contributed by atoms with Gasteiger partial charge in [-0.1, -0.05) is 12.1 Å². The van der Waals surface area contributed by atoms with Gasteiger partial charge in [-0.05, 0) is 80.1 Å². The predicted molar refractivity (Wildman–Crippen MR) is 212 cm³/mol. The van der Waals surface area contributed by atoms with Crippen molar-refractivity contribution in [3.05, 3.63) is 71.0 Å². The van der Waals surface area contributed by atoms with Crippen LogP contribution in [0.15, 0.2) is 48.7 Å². The second-order valence-corrected chi connectivity index (χ2v) is 16.6. The zero-order valence-electron chi connectivity index (χ0n) is 32.3. The summed E-state index contributed by atoms with van der Waals surface area (Å²) in [5.41, 5.74) is 10.8. The van der Waals surface area contributed by atoms with Crippen molar-refractivity contribution in [1.29, 1.82) is 0 Å². The van der Waals surface area contributed by atoms with Crippen LogP contribution in [-0.2, 0) is 22.6 Å². The lowest BCUT2D eigenvalue weighted by Crippen LogP contribution is -2.72. The van der Waals surface area contributed by atoms with Crippen LogP contribution < -0.4 is 26.2 Å². The number of likely N-dealkylation sites (tertiary alicyclic amines) is 1. The normalized spacial score (nSPS) is 23.1. The molecule has 6 aliphatic heterocycles. The van der Waals surface area contributed by atoms with Gasteiger partial charge in [0.1, 0.15) is 11.9 Å². The number of piperidine rings is 2. The van der Waals surface area contributed by atoms with Crippen molar-refractivity contribution in [2.75, 3.05) is 81.1 Å². The van der Waals surface area contributed by atoms with Crippen LogP contribution in [0.25, 0.3) is 0 Å². The molecule has 1 unspecified atom stereocenters. The maximum atomic E-state index is 13.2. The summed E-state index contributed by atoms with van der Waals surface area (Å²) in [6, 6.07) is 13.5. The molecule has 6 aliphatic rings. The molecule has 2 aromatic carbocycles. The van der Waals surface area contributed by atoms with Crippen LogP contribution >= 0.6 is 0 Å². The number of aryl methyl sites for hydroxylation is 1. The number of amides is 6. The van der Waals surface area contributed by atoms with Crippen molar-refractivity contribution in [3.8, 4) is 0 Å². The molecule has 4 N–H and O–H groups in total. The predicted octanol–water partition coefficient (Wildman–Crippen LogP) is 2.17. The van der Waals surface area contributed by atoms with Crippen molar-refractivity contribution in [1.82, 2.24) is 34.9 Å². The van der Waals surface area contributed by atoms with E-state index in [4.69, 9.17) is 10.7 Å². The molecule has 0 bridgehead atoms. The van der Waals surface area contributed by atoms with Gasteiger partial charge in [0.05, 0.1) is 12.2 Å². The van der Waals surface area contributed by atoms with Gasteiger partial charge >= 0.3 is 6.03 Å². The van der Waals surface area contributed by atoms with Crippen molar-refractivity contribution in [2.24, 2.45) is 11.1 Å². The van der Waals surface area contributed by atoms with Gasteiger partial charge in [0, 0.05) is 94.7 Å². The number of nitrogens with one attached hydrogen (secondary N) is 2. The Morgan fingerprint density at radius 3 is 2.51 bits per heavy atom. The standard InChI is InChI=1S/C41H49N11O5/c1-47-17-18-51(40(47)57)29-7-4-16-49(20-29)33-19-43-35(36(42)54)37(45-33)44-27-9-11-28(12-10-27)50-24-41(25-50)22-48(23-41)15-3-6-26-5-2-8-30-31(26)21-52(39(30)56)32-13-14-34(53)46-38(32)55/h2,5,8-12,19,29,32H,3-4,6-7,13-18,20-25H2,1H3,(H2,42,54)(H,44,45)(H,46,53,55)/t29-,32?/m1/s1. The highest BCUT2D eigenvalue weighted by Gasteiger charge is 2.51. The summed E-state index contributed by atoms with van der Waals surface area (Å²) in [6.45, 7) is 8.41. The Kier molecular flexibility index (Phi) is 9.45. The van der Waals surface area contributed by atoms with Crippen molar-refractivity contribution in [2.45, 2.75) is 57.2 Å². The number of rotatable bonds is 11. The fourth-order valence-electron chi connectivity index (χ4n) is 9.70. The van der Waals surface area contributed by atoms with Crippen LogP contribution in [0.3, 0.4) is 0 Å². The number of likely N-dealkylation sites (N-methyl/N-ethyl adjacent to an activating group) is 1. The van der Waals surface area contributed by atoms with Gasteiger partial charge in [-0.2, -0.15) is 0 Å². The monoisotopic (exact) mass is 775 g/mol. The molecule has 7 heterocycles. The highest BCUT2D eigenvalue weighted by Crippen LogP contribution is 2.42. The fraction of sp³-hybridized carbons (Fsp3) is 0.488. The highest BCUT2D eigenvalue weighted by molar-refractivity contribution is 6.05. The molecule has 0 saturated carbocycles. The molecule has 298 valence electrons. The van der Waals surface area contributed by atoms with Gasteiger partial charge in [-0.25, -0.2) is 14.8 Å². The lowest BCUT2D eigenvalue weighted by molar-refractivity contribution is -0.136. The van der Waals surface area contributed by atoms with Crippen LogP contribution in [0.2, 0.25) is 0 Å². The molecule has 6 amide bonds. The van der Waals surface area contributed by atoms with E-state index in [0.29, 0.717) is 42.1 Å². The van der Waals surface area contributed by atoms with Gasteiger partial charge in [-0.15, -0.1) is 0 Å². The van der Waals surface area contributed by atoms with Crippen LogP contribution in [0.1, 0.15) is 64.1 Å². The summed E-state index contributed by atoms with van der Waals surface area (Å²) >= 11 is 0. The summed E-state index contributed by atoms with van der Waals surface area (Å²) in [5.74, 6) is -0.499. The Hall–Kier alpha value is -5.77. The van der Waals surface area contributed by atoms with Crippen LogP contribution in [0.4, 0.5) is 27.8 Å². The molecule has 3 aromatic rings. The number of fused-ring (bicyclic) bond motifs is 1. The number of urea groups is 1. The maximum Gasteiger partial charge on any atom is 0.320 e. The van der Waals surface area contributed by atoms with Gasteiger partial charge in [-0.3, -0.25) is 24.5 Å². The highest BCUT2D eigenvalue weighted by atomic mass is 16.2. The number of hydrogen-bond donors (Lipinski definition) is 3. The molecule has 5 fully saturated rings. The number of nitrogens with two attached hydrogens (primary N) is 1. The maximum absolute atomic E-state index is 13.2. The average molecular weight is 776 g/mol. The minimum atomic E-state index is -0.658. The molecule has 9 rings (SSSR count). The van der Waals surface area contributed by atoms with Crippen LogP contribution in [0, 0.1) is 5.41 Å². The molecular formula is C41H49N11O5. The second kappa shape index (κ2) is 14.6. The Morgan fingerprint density at radius 1 is 0.965 bits per heavy atom. The van der Waals surface area contributed by atoms with Gasteiger partial charge in [0.25, 0.3) is 11.8 Å². The molecule has 5 saturated heterocycles. The summed E-state index contributed by atoms with van der Waals surface area (Å²) in [5, 5.41) is 5.66. The zero-order chi connectivity index (χ0) is 39.4. The Balaban J connectivity index is 0.754. The van der Waals surface area contributed by atoms with E-state index < -0.39 is 11.9 Å². The van der Waals surface area contributed by atoms with E-state index in [1.807, 2.05) is 36.2 Å². The topological polar surface area (TPSA) is 181 Å². The number of carbonyl (C=O) groups is 5. The summed E-state index contributed by atoms with van der Waals surface area (Å²) < 4.78 is 0. The summed E-state index contributed by atoms with van der Waals surface area (Å²) in [7, 11) is 1.83. The first-order valence-electron chi connectivity index (χ1n) is 20.1. The zero-order valence-corrected chi connectivity index (χ0v) is 32.3. The molecule has 1 aromatic heterocycles. The number of imide groups is 1. The summed E-state index contributed by atoms with van der Waals surface area (Å²) in [6.07, 6.45) is 5.92. The van der Waals surface area contributed by atoms with Crippen LogP contribution in [0.5, 0.6) is 0 Å². The number of carbonyl (C=O) groups excluding carboxylic acids is 5. The SMILES string of the molecule is CN1CCN([C@@H]2CCCN(c3cnc(C(N)=O)c(Nc4ccc(N5CC6(CN(CCCc7cccc8c7CN(C7CCC(=O)NC7=O)C8=O)C6)C5)cc4)n3)C2)C1=O. The Morgan fingerprint density at radius 2 is 1.77 bits per heavy atom. The van der Waals surface area contributed by atoms with E-state index in [2.05, 4.69) is 48.5 Å². The number of aromatic nitrogens is 2. The van der Waals surface area contributed by atoms with Crippen molar-refractivity contribution >= 4 is 52.7 Å². The minimum absolute atomic E-state index is 0.0639. The Labute approximate surface area is 331 Å². The summed E-state index contributed by atoms with van der Waals surface area (Å²) in [4.78, 5) is 83.9. The van der Waals surface area contributed by atoms with E-state index in [0.717, 1.165) is 101 Å². The molecule has 16 nitrogen and oxygen atoms in total. The fourth-order valence-corrected chi connectivity index (χ4v) is 9.70. The van der Waals surface area contributed by atoms with E-state index in [-0.39, 0.29) is 41.9 Å². The van der Waals surface area contributed by atoms with E-state index in [1.54, 1.807) is 16.0 Å². The average Bonchev–Trinajstić information content (AvgIpc) is 3.69. The van der Waals surface area contributed by atoms with Gasteiger partial charge in [0.2, 0.25) is 11.8 Å². The first-order valence-corrected chi connectivity index (χ1v) is 20.1. The third-order valence-corrected chi connectivity index (χ3v) is 12.7. The molecule has 0 aliphatic carbocycles. The number of hydrogen-bond acceptors (Lipinski definition) is 11. The van der Waals surface area contributed by atoms with E-state index >= 15 is 0 Å². The molecule has 2 atom stereocenters. The molecule has 57 heavy (non-hydrogen) atoms. The lowest BCUT2D eigenvalue weighted by atomic mass is 9.72. The molecule has 1 spiro atoms. The van der Waals surface area contributed by atoms with Crippen LogP contribution in [-0.4, -0.2) is 137 Å². The van der Waals surface area contributed by atoms with Crippen molar-refractivity contribution < 1.29 is 24.0 Å². The third-order valence-electron chi connectivity index (χ3n) is 12.7. The first kappa shape index (κ1) is 36.8. The lowest BCUT2D eigenvalue weighted by Gasteiger charge is -2.61. The largest absolute Gasteiger partial charge is 0.370 e. The van der Waals surface area contributed by atoms with Gasteiger partial charge < -0.3 is 40.4 Å². The first-order chi connectivity index (χ1) is 27.5. The second-order valence-electron chi connectivity index (χ2n) is 16.6. The number of primary amides is 1. The molecular weight excluding hydrogens is 727 g/mol. The number of nitrogens with zero attached hydrogens (tertiary/aromatic N) is 8. The molecule has 16 heteroatoms. The quantitative estimate of drug-likeness (QED) is 0.243. The van der Waals surface area contributed by atoms with E-state index in [9.17, 15) is 24.0 Å². The van der Waals surface area contributed by atoms with Gasteiger partial charge in [0.15, 0.2) is 11.5 Å².